The molecule has 5 nitrogen and oxygen atoms in total. The zero-order valence-electron chi connectivity index (χ0n) is 11.8. The third-order valence-electron chi connectivity index (χ3n) is 5.46. The van der Waals surface area contributed by atoms with Crippen molar-refractivity contribution in [2.75, 3.05) is 13.2 Å². The maximum absolute atomic E-state index is 6.43. The van der Waals surface area contributed by atoms with E-state index in [1.807, 2.05) is 12.1 Å². The Morgan fingerprint density at radius 2 is 1.86 bits per heavy atom. The van der Waals surface area contributed by atoms with E-state index in [9.17, 15) is 0 Å². The molecule has 0 saturated heterocycles. The summed E-state index contributed by atoms with van der Waals surface area (Å²) < 4.78 is 11.3. The van der Waals surface area contributed by atoms with Gasteiger partial charge >= 0.3 is 0 Å². The number of aromatic amines is 1. The summed E-state index contributed by atoms with van der Waals surface area (Å²) in [6.45, 7) is 1.21. The average Bonchev–Trinajstić information content (AvgIpc) is 3.17. The number of fused-ring (bicyclic) bond motifs is 4. The van der Waals surface area contributed by atoms with Gasteiger partial charge in [0, 0.05) is 24.1 Å². The predicted molar refractivity (Wildman–Crippen MR) is 78.6 cm³/mol. The van der Waals surface area contributed by atoms with Crippen LogP contribution >= 0.6 is 0 Å². The maximum atomic E-state index is 6.43. The minimum absolute atomic E-state index is 0.256. The van der Waals surface area contributed by atoms with Crippen molar-refractivity contribution in [3.05, 3.63) is 18.0 Å². The van der Waals surface area contributed by atoms with Crippen LogP contribution in [0.15, 0.2) is 12.1 Å². The first kappa shape index (κ1) is 11.9. The van der Waals surface area contributed by atoms with Crippen LogP contribution in [0.25, 0.3) is 11.0 Å². The molecule has 0 amide bonds. The third-order valence-corrected chi connectivity index (χ3v) is 5.46. The molecule has 21 heavy (non-hydrogen) atoms. The zero-order chi connectivity index (χ0) is 14.0. The van der Waals surface area contributed by atoms with Gasteiger partial charge in [0.25, 0.3) is 0 Å². The summed E-state index contributed by atoms with van der Waals surface area (Å²) >= 11 is 0. The molecule has 4 unspecified atom stereocenters. The molecule has 110 valence electrons. The number of imidazole rings is 1. The van der Waals surface area contributed by atoms with Crippen molar-refractivity contribution in [1.82, 2.24) is 9.97 Å². The third kappa shape index (κ3) is 1.64. The highest BCUT2D eigenvalue weighted by atomic mass is 16.6. The van der Waals surface area contributed by atoms with E-state index in [-0.39, 0.29) is 6.04 Å². The van der Waals surface area contributed by atoms with Crippen LogP contribution in [0.1, 0.15) is 31.0 Å². The number of nitrogens with one attached hydrogen (secondary N) is 1. The van der Waals surface area contributed by atoms with Crippen LogP contribution < -0.4 is 15.2 Å². The molecule has 2 aliphatic carbocycles. The lowest BCUT2D eigenvalue weighted by atomic mass is 9.84. The van der Waals surface area contributed by atoms with Crippen molar-refractivity contribution in [3.8, 4) is 11.5 Å². The van der Waals surface area contributed by atoms with Crippen LogP contribution in [0, 0.1) is 11.8 Å². The van der Waals surface area contributed by atoms with Gasteiger partial charge in [-0.15, -0.1) is 0 Å². The Kier molecular flexibility index (Phi) is 2.33. The summed E-state index contributed by atoms with van der Waals surface area (Å²) in [6.07, 6.45) is 3.85. The fourth-order valence-electron chi connectivity index (χ4n) is 4.47. The summed E-state index contributed by atoms with van der Waals surface area (Å²) in [5, 5.41) is 0. The lowest BCUT2D eigenvalue weighted by Crippen LogP contribution is -2.34. The number of hydrogen-bond acceptors (Lipinski definition) is 4. The Morgan fingerprint density at radius 3 is 2.62 bits per heavy atom. The van der Waals surface area contributed by atoms with Crippen molar-refractivity contribution in [2.24, 2.45) is 17.6 Å². The largest absolute Gasteiger partial charge is 0.486 e. The summed E-state index contributed by atoms with van der Waals surface area (Å²) in [6, 6.07) is 4.23. The van der Waals surface area contributed by atoms with Gasteiger partial charge < -0.3 is 20.2 Å². The monoisotopic (exact) mass is 285 g/mol. The fraction of sp³-hybridized carbons (Fsp3) is 0.562. The van der Waals surface area contributed by atoms with Crippen molar-refractivity contribution in [3.63, 3.8) is 0 Å². The lowest BCUT2D eigenvalue weighted by Gasteiger charge is -2.26. The molecular weight excluding hydrogens is 266 g/mol. The van der Waals surface area contributed by atoms with E-state index in [2.05, 4.69) is 4.98 Å². The molecule has 2 bridgehead atoms. The van der Waals surface area contributed by atoms with Crippen LogP contribution in [-0.2, 0) is 0 Å². The minimum Gasteiger partial charge on any atom is -0.486 e. The van der Waals surface area contributed by atoms with Crippen LogP contribution in [-0.4, -0.2) is 29.2 Å². The number of nitrogens with two attached hydrogens (primary N) is 1. The minimum atomic E-state index is 0.256. The normalized spacial score (nSPS) is 33.8. The molecule has 3 N–H and O–H groups in total. The molecule has 2 heterocycles. The first-order chi connectivity index (χ1) is 10.3. The first-order valence-corrected chi connectivity index (χ1v) is 7.84. The molecule has 0 spiro atoms. The first-order valence-electron chi connectivity index (χ1n) is 7.84. The standard InChI is InChI=1S/C16H19N3O2/c17-15-9-2-1-8(5-9)14(15)16-18-10-6-12-13(7-11(10)19-16)21-4-3-20-12/h6-9,14-15H,1-5,17H2,(H,18,19). The highest BCUT2D eigenvalue weighted by molar-refractivity contribution is 5.80. The second-order valence-electron chi connectivity index (χ2n) is 6.57. The van der Waals surface area contributed by atoms with Crippen molar-refractivity contribution >= 4 is 11.0 Å². The SMILES string of the molecule is NC1C2CCC(C2)C1c1nc2cc3c(cc2[nH]1)OCCO3. The maximum Gasteiger partial charge on any atom is 0.163 e. The molecule has 2 aromatic rings. The van der Waals surface area contributed by atoms with Gasteiger partial charge in [-0.1, -0.05) is 0 Å². The summed E-state index contributed by atoms with van der Waals surface area (Å²) in [4.78, 5) is 8.28. The van der Waals surface area contributed by atoms with Crippen LogP contribution in [0.4, 0.5) is 0 Å². The van der Waals surface area contributed by atoms with E-state index in [0.29, 0.717) is 31.0 Å². The highest BCUT2D eigenvalue weighted by Gasteiger charge is 2.47. The van der Waals surface area contributed by atoms with Crippen molar-refractivity contribution < 1.29 is 9.47 Å². The second kappa shape index (κ2) is 4.13. The molecule has 0 radical (unpaired) electrons. The molecule has 1 aromatic heterocycles. The quantitative estimate of drug-likeness (QED) is 0.842. The summed E-state index contributed by atoms with van der Waals surface area (Å²) in [5.41, 5.74) is 8.40. The Hall–Kier alpha value is -1.75. The van der Waals surface area contributed by atoms with Crippen molar-refractivity contribution in [2.45, 2.75) is 31.2 Å². The molecule has 1 aliphatic heterocycles. The van der Waals surface area contributed by atoms with Gasteiger partial charge in [-0.3, -0.25) is 0 Å². The molecule has 3 aliphatic rings. The number of nitrogens with zero attached hydrogens (tertiary/aromatic N) is 1. The topological polar surface area (TPSA) is 73.2 Å². The van der Waals surface area contributed by atoms with Gasteiger partial charge in [0.1, 0.15) is 19.0 Å². The van der Waals surface area contributed by atoms with E-state index in [1.54, 1.807) is 0 Å². The van der Waals surface area contributed by atoms with Crippen molar-refractivity contribution in [1.29, 1.82) is 0 Å². The van der Waals surface area contributed by atoms with Gasteiger partial charge in [0.2, 0.25) is 0 Å². The molecular formula is C16H19N3O2. The number of aromatic nitrogens is 2. The summed E-state index contributed by atoms with van der Waals surface area (Å²) in [7, 11) is 0. The van der Waals surface area contributed by atoms with Crippen LogP contribution in [0.3, 0.4) is 0 Å². The van der Waals surface area contributed by atoms with E-state index in [4.69, 9.17) is 20.2 Å². The van der Waals surface area contributed by atoms with Gasteiger partial charge in [-0.2, -0.15) is 0 Å². The zero-order valence-corrected chi connectivity index (χ0v) is 11.8. The number of hydrogen-bond donors (Lipinski definition) is 2. The average molecular weight is 285 g/mol. The number of ether oxygens (including phenoxy) is 2. The Bertz CT molecular complexity index is 666. The number of rotatable bonds is 1. The van der Waals surface area contributed by atoms with Crippen LogP contribution in [0.2, 0.25) is 0 Å². The second-order valence-corrected chi connectivity index (χ2v) is 6.57. The molecule has 2 fully saturated rings. The Balaban J connectivity index is 1.59. The van der Waals surface area contributed by atoms with E-state index >= 15 is 0 Å². The highest BCUT2D eigenvalue weighted by Crippen LogP contribution is 2.51. The molecule has 5 rings (SSSR count). The molecule has 2 saturated carbocycles. The van der Waals surface area contributed by atoms with E-state index in [1.165, 1.54) is 19.3 Å². The predicted octanol–water partition coefficient (Wildman–Crippen LogP) is 2.17. The molecule has 5 heteroatoms. The molecule has 4 atom stereocenters. The smallest absolute Gasteiger partial charge is 0.163 e. The van der Waals surface area contributed by atoms with E-state index in [0.717, 1.165) is 28.4 Å². The summed E-state index contributed by atoms with van der Waals surface area (Å²) in [5.74, 6) is 4.42. The van der Waals surface area contributed by atoms with Gasteiger partial charge in [0.15, 0.2) is 11.5 Å². The van der Waals surface area contributed by atoms with E-state index < -0.39 is 0 Å². The lowest BCUT2D eigenvalue weighted by molar-refractivity contribution is 0.172. The number of benzene rings is 1. The Morgan fingerprint density at radius 1 is 1.10 bits per heavy atom. The van der Waals surface area contributed by atoms with Crippen LogP contribution in [0.5, 0.6) is 11.5 Å². The Labute approximate surface area is 122 Å². The molecule has 1 aromatic carbocycles. The van der Waals surface area contributed by atoms with Gasteiger partial charge in [-0.05, 0) is 31.1 Å². The van der Waals surface area contributed by atoms with Gasteiger partial charge in [0.05, 0.1) is 11.0 Å². The number of H-pyrrole nitrogens is 1. The van der Waals surface area contributed by atoms with Gasteiger partial charge in [-0.25, -0.2) is 4.98 Å². The fourth-order valence-corrected chi connectivity index (χ4v) is 4.47.